The fourth-order valence-electron chi connectivity index (χ4n) is 9.57. The first-order valence-corrected chi connectivity index (χ1v) is 20.6. The Morgan fingerprint density at radius 3 is 1.48 bits per heavy atom. The Morgan fingerprint density at radius 1 is 0.345 bits per heavy atom. The quantitative estimate of drug-likeness (QED) is 0.175. The summed E-state index contributed by atoms with van der Waals surface area (Å²) in [6.45, 7) is 0. The number of benzene rings is 8. The van der Waals surface area contributed by atoms with Crippen LogP contribution in [0.5, 0.6) is 0 Å². The van der Waals surface area contributed by atoms with E-state index in [1.807, 2.05) is 29.5 Å². The summed E-state index contributed by atoms with van der Waals surface area (Å²) < 4.78 is 1.33. The normalized spacial score (nSPS) is 13.0. The van der Waals surface area contributed by atoms with Crippen molar-refractivity contribution in [3.8, 4) is 78.4 Å². The van der Waals surface area contributed by atoms with Gasteiger partial charge in [0.2, 0.25) is 0 Å². The smallest absolute Gasteiger partial charge is 0.160 e. The van der Waals surface area contributed by atoms with Gasteiger partial charge in [-0.05, 0) is 67.8 Å². The molecule has 0 saturated carbocycles. The molecule has 0 atom stereocenters. The minimum Gasteiger partial charge on any atom is -0.228 e. The molecule has 2 aliphatic rings. The average molecular weight is 755 g/mol. The molecular formula is C55H34N2S. The molecule has 0 aliphatic heterocycles. The maximum Gasteiger partial charge on any atom is 0.160 e. The first-order chi connectivity index (χ1) is 28.8. The summed E-state index contributed by atoms with van der Waals surface area (Å²) in [6.07, 6.45) is 0. The zero-order chi connectivity index (χ0) is 38.2. The van der Waals surface area contributed by atoms with Crippen molar-refractivity contribution in [3.63, 3.8) is 0 Å². The molecular weight excluding hydrogens is 721 g/mol. The molecule has 0 radical (unpaired) electrons. The molecule has 0 saturated heterocycles. The van der Waals surface area contributed by atoms with E-state index < -0.39 is 0 Å². The van der Waals surface area contributed by atoms with Crippen molar-refractivity contribution < 1.29 is 0 Å². The molecule has 2 aliphatic carbocycles. The second kappa shape index (κ2) is 12.9. The average Bonchev–Trinajstić information content (AvgIpc) is 3.93. The molecule has 58 heavy (non-hydrogen) atoms. The van der Waals surface area contributed by atoms with Crippen molar-refractivity contribution in [2.24, 2.45) is 0 Å². The summed E-state index contributed by atoms with van der Waals surface area (Å²) in [5.74, 6) is 0.712. The van der Waals surface area contributed by atoms with E-state index in [2.05, 4.69) is 188 Å². The molecule has 1 spiro atoms. The summed E-state index contributed by atoms with van der Waals surface area (Å²) in [5.41, 5.74) is 18.8. The van der Waals surface area contributed by atoms with Crippen LogP contribution in [0.4, 0.5) is 0 Å². The van der Waals surface area contributed by atoms with Crippen LogP contribution in [-0.4, -0.2) is 9.97 Å². The Labute approximate surface area is 341 Å². The molecule has 12 rings (SSSR count). The molecule has 8 aromatic carbocycles. The van der Waals surface area contributed by atoms with Crippen LogP contribution in [0.25, 0.3) is 88.5 Å². The van der Waals surface area contributed by atoms with Gasteiger partial charge in [0, 0.05) is 37.2 Å². The number of rotatable bonds is 5. The predicted octanol–water partition coefficient (Wildman–Crippen LogP) is 14.4. The lowest BCUT2D eigenvalue weighted by molar-refractivity contribution is 0.812. The molecule has 0 bridgehead atoms. The van der Waals surface area contributed by atoms with Crippen LogP contribution in [0.15, 0.2) is 206 Å². The molecule has 0 amide bonds. The molecule has 0 fully saturated rings. The number of hydrogen-bond acceptors (Lipinski definition) is 3. The first-order valence-electron chi connectivity index (χ1n) is 19.8. The van der Waals surface area contributed by atoms with Crippen molar-refractivity contribution in [1.82, 2.24) is 9.97 Å². The van der Waals surface area contributed by atoms with E-state index in [-0.39, 0.29) is 5.41 Å². The van der Waals surface area contributed by atoms with Crippen molar-refractivity contribution in [2.75, 3.05) is 0 Å². The van der Waals surface area contributed by atoms with Gasteiger partial charge in [-0.1, -0.05) is 194 Å². The van der Waals surface area contributed by atoms with Crippen LogP contribution >= 0.6 is 11.3 Å². The van der Waals surface area contributed by atoms with Gasteiger partial charge in [-0.3, -0.25) is 0 Å². The topological polar surface area (TPSA) is 25.8 Å². The van der Waals surface area contributed by atoms with Gasteiger partial charge in [-0.2, -0.15) is 0 Å². The first kappa shape index (κ1) is 33.0. The van der Waals surface area contributed by atoms with Gasteiger partial charge in [0.25, 0.3) is 0 Å². The minimum absolute atomic E-state index is 0.373. The van der Waals surface area contributed by atoms with E-state index in [1.54, 1.807) is 0 Å². The molecule has 2 nitrogen and oxygen atoms in total. The highest BCUT2D eigenvalue weighted by Gasteiger charge is 2.53. The van der Waals surface area contributed by atoms with Crippen LogP contribution < -0.4 is 0 Å². The van der Waals surface area contributed by atoms with Gasteiger partial charge in [0.1, 0.15) is 0 Å². The SMILES string of the molecule is c1ccc(-c2ccc(-c3cc(-c4ccc(-c5cccc6c5-c5c(sc7ccccc57)C65c6ccccc6-c6ccccc65)cc4)nc(-c4ccccc4)n3)cc2)cc1. The van der Waals surface area contributed by atoms with Crippen LogP contribution in [0, 0.1) is 0 Å². The van der Waals surface area contributed by atoms with Gasteiger partial charge in [0.15, 0.2) is 5.82 Å². The summed E-state index contributed by atoms with van der Waals surface area (Å²) in [4.78, 5) is 11.7. The third-order valence-corrected chi connectivity index (χ3v) is 13.4. The van der Waals surface area contributed by atoms with Gasteiger partial charge in [-0.15, -0.1) is 11.3 Å². The Kier molecular flexibility index (Phi) is 7.35. The Hall–Kier alpha value is -7.20. The monoisotopic (exact) mass is 754 g/mol. The van der Waals surface area contributed by atoms with Crippen molar-refractivity contribution >= 4 is 21.4 Å². The number of thiophene rings is 1. The summed E-state index contributed by atoms with van der Waals surface area (Å²) in [6, 6.07) is 74.6. The molecule has 0 N–H and O–H groups in total. The highest BCUT2D eigenvalue weighted by molar-refractivity contribution is 7.20. The van der Waals surface area contributed by atoms with Gasteiger partial charge in [-0.25, -0.2) is 9.97 Å². The van der Waals surface area contributed by atoms with E-state index in [1.165, 1.54) is 76.2 Å². The number of aromatic nitrogens is 2. The highest BCUT2D eigenvalue weighted by atomic mass is 32.1. The third kappa shape index (κ3) is 4.84. The molecule has 3 heteroatoms. The van der Waals surface area contributed by atoms with E-state index in [9.17, 15) is 0 Å². The lowest BCUT2D eigenvalue weighted by atomic mass is 9.73. The molecule has 0 unspecified atom stereocenters. The molecule has 2 aromatic heterocycles. The van der Waals surface area contributed by atoms with Crippen LogP contribution in [0.3, 0.4) is 0 Å². The van der Waals surface area contributed by atoms with Crippen LogP contribution in [0.1, 0.15) is 21.6 Å². The molecule has 2 heterocycles. The fourth-order valence-corrected chi connectivity index (χ4v) is 11.0. The van der Waals surface area contributed by atoms with Crippen molar-refractivity contribution in [3.05, 3.63) is 228 Å². The van der Waals surface area contributed by atoms with Gasteiger partial charge >= 0.3 is 0 Å². The zero-order valence-electron chi connectivity index (χ0n) is 31.4. The van der Waals surface area contributed by atoms with E-state index in [0.29, 0.717) is 5.82 Å². The maximum absolute atomic E-state index is 5.16. The molecule has 10 aromatic rings. The van der Waals surface area contributed by atoms with Crippen molar-refractivity contribution in [1.29, 1.82) is 0 Å². The highest BCUT2D eigenvalue weighted by Crippen LogP contribution is 2.67. The second-order valence-corrected chi connectivity index (χ2v) is 16.3. The number of hydrogen-bond donors (Lipinski definition) is 0. The van der Waals surface area contributed by atoms with Crippen molar-refractivity contribution in [2.45, 2.75) is 5.41 Å². The van der Waals surface area contributed by atoms with Crippen LogP contribution in [-0.2, 0) is 5.41 Å². The predicted molar refractivity (Wildman–Crippen MR) is 241 cm³/mol. The summed E-state index contributed by atoms with van der Waals surface area (Å²) in [7, 11) is 0. The summed E-state index contributed by atoms with van der Waals surface area (Å²) in [5, 5.41) is 1.32. The third-order valence-electron chi connectivity index (χ3n) is 12.1. The maximum atomic E-state index is 5.16. The Balaban J connectivity index is 1.01. The Morgan fingerprint density at radius 2 is 0.828 bits per heavy atom. The number of nitrogens with zero attached hydrogens (tertiary/aromatic N) is 2. The van der Waals surface area contributed by atoms with E-state index in [4.69, 9.17) is 9.97 Å². The van der Waals surface area contributed by atoms with Gasteiger partial charge in [0.05, 0.1) is 16.8 Å². The fraction of sp³-hybridized carbons (Fsp3) is 0.0182. The summed E-state index contributed by atoms with van der Waals surface area (Å²) >= 11 is 1.95. The van der Waals surface area contributed by atoms with E-state index >= 15 is 0 Å². The zero-order valence-corrected chi connectivity index (χ0v) is 32.2. The lowest BCUT2D eigenvalue weighted by Crippen LogP contribution is -2.24. The Bertz CT molecular complexity index is 3150. The van der Waals surface area contributed by atoms with E-state index in [0.717, 1.165) is 28.1 Å². The van der Waals surface area contributed by atoms with Gasteiger partial charge < -0.3 is 0 Å². The standard InChI is InChI=1S/C55H34N2S/c1-3-14-35(15-4-1)36-26-30-38(31-27-36)48-34-49(57-54(56-48)40-16-5-2-6-17-40)39-32-28-37(29-33-39)41-21-13-24-47-51(41)52-44-20-9-12-25-50(44)58-53(52)55(47)45-22-10-7-18-42(45)43-19-8-11-23-46(43)55/h1-34H. The number of fused-ring (bicyclic) bond motifs is 12. The second-order valence-electron chi connectivity index (χ2n) is 15.2. The largest absolute Gasteiger partial charge is 0.228 e. The lowest BCUT2D eigenvalue weighted by Gasteiger charge is -2.29. The molecule has 270 valence electrons. The van der Waals surface area contributed by atoms with Crippen LogP contribution in [0.2, 0.25) is 0 Å². The minimum atomic E-state index is -0.373.